The SMILES string of the molecule is O=C(O)c1ccc(CNCCOC2CCCCC2)cc1F. The molecule has 1 aromatic carbocycles. The fraction of sp³-hybridized carbons (Fsp3) is 0.562. The summed E-state index contributed by atoms with van der Waals surface area (Å²) in [5.41, 5.74) is 0.439. The van der Waals surface area contributed by atoms with Gasteiger partial charge in [0.2, 0.25) is 0 Å². The van der Waals surface area contributed by atoms with Gasteiger partial charge in [-0.15, -0.1) is 0 Å². The predicted octanol–water partition coefficient (Wildman–Crippen LogP) is 2.96. The number of ether oxygens (including phenoxy) is 1. The Morgan fingerprint density at radius 3 is 2.76 bits per heavy atom. The van der Waals surface area contributed by atoms with E-state index in [9.17, 15) is 9.18 Å². The van der Waals surface area contributed by atoms with Crippen molar-refractivity contribution < 1.29 is 19.0 Å². The summed E-state index contributed by atoms with van der Waals surface area (Å²) in [6.45, 7) is 1.87. The third-order valence-electron chi connectivity index (χ3n) is 3.78. The van der Waals surface area contributed by atoms with E-state index < -0.39 is 11.8 Å². The maximum atomic E-state index is 13.5. The van der Waals surface area contributed by atoms with Gasteiger partial charge in [-0.1, -0.05) is 25.3 Å². The van der Waals surface area contributed by atoms with Crippen molar-refractivity contribution in [2.45, 2.75) is 44.8 Å². The number of halogens is 1. The number of aromatic carboxylic acids is 1. The molecule has 116 valence electrons. The second-order valence-electron chi connectivity index (χ2n) is 5.43. The van der Waals surface area contributed by atoms with Gasteiger partial charge in [-0.2, -0.15) is 0 Å². The minimum Gasteiger partial charge on any atom is -0.478 e. The monoisotopic (exact) mass is 295 g/mol. The number of hydrogen-bond donors (Lipinski definition) is 2. The van der Waals surface area contributed by atoms with Gasteiger partial charge in [0, 0.05) is 13.1 Å². The summed E-state index contributed by atoms with van der Waals surface area (Å²) in [6, 6.07) is 4.19. The number of carbonyl (C=O) groups is 1. The Balaban J connectivity index is 1.66. The minimum absolute atomic E-state index is 0.292. The average molecular weight is 295 g/mol. The molecular formula is C16H22FNO3. The lowest BCUT2D eigenvalue weighted by atomic mass is 9.98. The smallest absolute Gasteiger partial charge is 0.338 e. The predicted molar refractivity (Wildman–Crippen MR) is 77.9 cm³/mol. The van der Waals surface area contributed by atoms with Crippen molar-refractivity contribution in [1.29, 1.82) is 0 Å². The lowest BCUT2D eigenvalue weighted by Gasteiger charge is -2.22. The van der Waals surface area contributed by atoms with Crippen LogP contribution in [-0.2, 0) is 11.3 Å². The number of carboxylic acid groups (broad SMARTS) is 1. The van der Waals surface area contributed by atoms with E-state index in [0.717, 1.165) is 18.4 Å². The molecule has 2 N–H and O–H groups in total. The van der Waals surface area contributed by atoms with Crippen LogP contribution < -0.4 is 5.32 Å². The van der Waals surface area contributed by atoms with Crippen molar-refractivity contribution in [2.75, 3.05) is 13.2 Å². The van der Waals surface area contributed by atoms with Crippen LogP contribution in [0.3, 0.4) is 0 Å². The van der Waals surface area contributed by atoms with Gasteiger partial charge in [0.1, 0.15) is 5.82 Å². The first-order chi connectivity index (χ1) is 10.2. The minimum atomic E-state index is -1.24. The van der Waals surface area contributed by atoms with Crippen molar-refractivity contribution in [3.05, 3.63) is 35.1 Å². The third kappa shape index (κ3) is 5.10. The third-order valence-corrected chi connectivity index (χ3v) is 3.78. The lowest BCUT2D eigenvalue weighted by Crippen LogP contribution is -2.24. The Bertz CT molecular complexity index is 473. The van der Waals surface area contributed by atoms with Crippen LogP contribution in [-0.4, -0.2) is 30.3 Å². The molecule has 4 nitrogen and oxygen atoms in total. The van der Waals surface area contributed by atoms with E-state index in [1.165, 1.54) is 31.4 Å². The molecule has 0 saturated heterocycles. The normalized spacial score (nSPS) is 16.0. The van der Waals surface area contributed by atoms with Crippen LogP contribution in [0.5, 0.6) is 0 Å². The van der Waals surface area contributed by atoms with Crippen LogP contribution in [0.2, 0.25) is 0 Å². The number of hydrogen-bond acceptors (Lipinski definition) is 3. The molecule has 0 amide bonds. The van der Waals surface area contributed by atoms with Crippen molar-refractivity contribution in [3.8, 4) is 0 Å². The van der Waals surface area contributed by atoms with Crippen LogP contribution in [0.4, 0.5) is 4.39 Å². The first-order valence-corrected chi connectivity index (χ1v) is 7.51. The van der Waals surface area contributed by atoms with Gasteiger partial charge in [0.25, 0.3) is 0 Å². The van der Waals surface area contributed by atoms with Crippen LogP contribution in [0.25, 0.3) is 0 Å². The second-order valence-corrected chi connectivity index (χ2v) is 5.43. The second kappa shape index (κ2) is 8.10. The Morgan fingerprint density at radius 2 is 2.10 bits per heavy atom. The Kier molecular flexibility index (Phi) is 6.14. The van der Waals surface area contributed by atoms with Gasteiger partial charge < -0.3 is 15.2 Å². The Labute approximate surface area is 124 Å². The highest BCUT2D eigenvalue weighted by Gasteiger charge is 2.13. The molecule has 2 rings (SSSR count). The molecule has 0 heterocycles. The van der Waals surface area contributed by atoms with Gasteiger partial charge in [-0.25, -0.2) is 9.18 Å². The zero-order valence-electron chi connectivity index (χ0n) is 12.1. The van der Waals surface area contributed by atoms with Crippen LogP contribution >= 0.6 is 0 Å². The van der Waals surface area contributed by atoms with Crippen molar-refractivity contribution in [3.63, 3.8) is 0 Å². The summed E-state index contributed by atoms with van der Waals surface area (Å²) in [5, 5.41) is 11.9. The van der Waals surface area contributed by atoms with E-state index in [2.05, 4.69) is 5.32 Å². The summed E-state index contributed by atoms with van der Waals surface area (Å²) in [6.07, 6.45) is 6.54. The molecule has 1 fully saturated rings. The summed E-state index contributed by atoms with van der Waals surface area (Å²) in [7, 11) is 0. The Morgan fingerprint density at radius 1 is 1.33 bits per heavy atom. The fourth-order valence-electron chi connectivity index (χ4n) is 2.60. The quantitative estimate of drug-likeness (QED) is 0.759. The lowest BCUT2D eigenvalue weighted by molar-refractivity contribution is 0.0302. The van der Waals surface area contributed by atoms with Gasteiger partial charge >= 0.3 is 5.97 Å². The molecule has 1 aliphatic rings. The molecule has 1 saturated carbocycles. The highest BCUT2D eigenvalue weighted by atomic mass is 19.1. The molecule has 0 spiro atoms. The van der Waals surface area contributed by atoms with E-state index in [-0.39, 0.29) is 5.56 Å². The highest BCUT2D eigenvalue weighted by Crippen LogP contribution is 2.19. The largest absolute Gasteiger partial charge is 0.478 e. The molecule has 21 heavy (non-hydrogen) atoms. The summed E-state index contributed by atoms with van der Waals surface area (Å²) in [4.78, 5) is 10.7. The first-order valence-electron chi connectivity index (χ1n) is 7.51. The first kappa shape index (κ1) is 15.9. The number of carboxylic acids is 1. The summed E-state index contributed by atoms with van der Waals surface area (Å²) in [5.74, 6) is -1.94. The van der Waals surface area contributed by atoms with E-state index in [0.29, 0.717) is 25.8 Å². The average Bonchev–Trinajstić information content (AvgIpc) is 2.47. The van der Waals surface area contributed by atoms with Gasteiger partial charge in [-0.3, -0.25) is 0 Å². The molecule has 0 bridgehead atoms. The van der Waals surface area contributed by atoms with Gasteiger partial charge in [-0.05, 0) is 30.5 Å². The molecule has 1 aromatic rings. The molecular weight excluding hydrogens is 273 g/mol. The van der Waals surface area contributed by atoms with Crippen molar-refractivity contribution >= 4 is 5.97 Å². The van der Waals surface area contributed by atoms with Crippen molar-refractivity contribution in [1.82, 2.24) is 5.32 Å². The van der Waals surface area contributed by atoms with Gasteiger partial charge in [0.05, 0.1) is 18.3 Å². The van der Waals surface area contributed by atoms with Crippen LogP contribution in [0, 0.1) is 5.82 Å². The van der Waals surface area contributed by atoms with E-state index >= 15 is 0 Å². The molecule has 1 aliphatic carbocycles. The molecule has 0 atom stereocenters. The standard InChI is InChI=1S/C16H22FNO3/c17-15-10-12(6-7-14(15)16(19)20)11-18-8-9-21-13-4-2-1-3-5-13/h6-7,10,13,18H,1-5,8-9,11H2,(H,19,20). The molecule has 0 aromatic heterocycles. The van der Waals surface area contributed by atoms with Crippen LogP contribution in [0.1, 0.15) is 48.0 Å². The Hall–Kier alpha value is -1.46. The van der Waals surface area contributed by atoms with E-state index in [1.54, 1.807) is 6.07 Å². The molecule has 5 heteroatoms. The summed E-state index contributed by atoms with van der Waals surface area (Å²) >= 11 is 0. The molecule has 0 radical (unpaired) electrons. The fourth-order valence-corrected chi connectivity index (χ4v) is 2.60. The van der Waals surface area contributed by atoms with E-state index in [4.69, 9.17) is 9.84 Å². The summed E-state index contributed by atoms with van der Waals surface area (Å²) < 4.78 is 19.3. The van der Waals surface area contributed by atoms with Crippen LogP contribution in [0.15, 0.2) is 18.2 Å². The topological polar surface area (TPSA) is 58.6 Å². The molecule has 0 aliphatic heterocycles. The maximum Gasteiger partial charge on any atom is 0.338 e. The zero-order valence-corrected chi connectivity index (χ0v) is 12.1. The zero-order chi connectivity index (χ0) is 15.1. The number of rotatable bonds is 7. The highest BCUT2D eigenvalue weighted by molar-refractivity contribution is 5.87. The maximum absolute atomic E-state index is 13.5. The number of nitrogens with one attached hydrogen (secondary N) is 1. The van der Waals surface area contributed by atoms with Crippen molar-refractivity contribution in [2.24, 2.45) is 0 Å². The van der Waals surface area contributed by atoms with Gasteiger partial charge in [0.15, 0.2) is 0 Å². The number of benzene rings is 1. The molecule has 0 unspecified atom stereocenters. The van der Waals surface area contributed by atoms with E-state index in [1.807, 2.05) is 0 Å².